The number of carboxylic acid groups (broad SMARTS) is 1. The maximum atomic E-state index is 12.2. The second kappa shape index (κ2) is 6.39. The fraction of sp³-hybridized carbons (Fsp3) is 0.600. The van der Waals surface area contributed by atoms with E-state index < -0.39 is 5.97 Å². The van der Waals surface area contributed by atoms with Crippen LogP contribution in [0.4, 0.5) is 0 Å². The number of amides is 1. The molecule has 1 unspecified atom stereocenters. The smallest absolute Gasteiger partial charge is 0.305 e. The number of thiophene rings is 1. The molecule has 0 saturated heterocycles. The Hall–Kier alpha value is -1.36. The SMILES string of the molecule is CCCc1cc(C(=O)NC(CC(=O)O)C2CC2)sc1C. The van der Waals surface area contributed by atoms with Crippen molar-refractivity contribution in [3.05, 3.63) is 21.4 Å². The first kappa shape index (κ1) is 15.0. The first-order valence-electron chi connectivity index (χ1n) is 7.13. The summed E-state index contributed by atoms with van der Waals surface area (Å²) in [6.45, 7) is 4.15. The summed E-state index contributed by atoms with van der Waals surface area (Å²) >= 11 is 1.50. The molecule has 1 aliphatic carbocycles. The van der Waals surface area contributed by atoms with Crippen LogP contribution in [0.2, 0.25) is 0 Å². The molecule has 5 heteroatoms. The Labute approximate surface area is 123 Å². The summed E-state index contributed by atoms with van der Waals surface area (Å²) in [6, 6.07) is 1.72. The second-order valence-electron chi connectivity index (χ2n) is 5.46. The quantitative estimate of drug-likeness (QED) is 0.812. The molecule has 1 fully saturated rings. The van der Waals surface area contributed by atoms with E-state index in [9.17, 15) is 9.59 Å². The highest BCUT2D eigenvalue weighted by Crippen LogP contribution is 2.34. The molecule has 110 valence electrons. The number of nitrogens with one attached hydrogen (secondary N) is 1. The lowest BCUT2D eigenvalue weighted by Crippen LogP contribution is -2.37. The van der Waals surface area contributed by atoms with Gasteiger partial charge in [-0.3, -0.25) is 9.59 Å². The highest BCUT2D eigenvalue weighted by atomic mass is 32.1. The number of aliphatic carboxylic acids is 1. The molecule has 1 heterocycles. The van der Waals surface area contributed by atoms with Crippen LogP contribution in [0.15, 0.2) is 6.07 Å². The first-order valence-corrected chi connectivity index (χ1v) is 7.94. The highest BCUT2D eigenvalue weighted by Gasteiger charge is 2.34. The van der Waals surface area contributed by atoms with E-state index in [1.807, 2.05) is 13.0 Å². The van der Waals surface area contributed by atoms with Crippen molar-refractivity contribution >= 4 is 23.2 Å². The maximum Gasteiger partial charge on any atom is 0.305 e. The average Bonchev–Trinajstić information content (AvgIpc) is 3.14. The van der Waals surface area contributed by atoms with Crippen LogP contribution >= 0.6 is 11.3 Å². The van der Waals surface area contributed by atoms with Gasteiger partial charge in [0.15, 0.2) is 0 Å². The van der Waals surface area contributed by atoms with Gasteiger partial charge >= 0.3 is 5.97 Å². The van der Waals surface area contributed by atoms with E-state index in [2.05, 4.69) is 12.2 Å². The predicted octanol–water partition coefficient (Wildman–Crippen LogP) is 2.99. The topological polar surface area (TPSA) is 66.4 Å². The fourth-order valence-corrected chi connectivity index (χ4v) is 3.39. The Balaban J connectivity index is 2.02. The molecule has 0 aliphatic heterocycles. The number of aryl methyl sites for hydroxylation is 2. The Morgan fingerprint density at radius 3 is 2.75 bits per heavy atom. The Morgan fingerprint density at radius 1 is 1.50 bits per heavy atom. The van der Waals surface area contributed by atoms with E-state index in [1.54, 1.807) is 0 Å². The zero-order chi connectivity index (χ0) is 14.7. The van der Waals surface area contributed by atoms with Gasteiger partial charge in [0.1, 0.15) is 0 Å². The van der Waals surface area contributed by atoms with Gasteiger partial charge in [0.2, 0.25) is 0 Å². The molecule has 0 bridgehead atoms. The molecule has 2 N–H and O–H groups in total. The van der Waals surface area contributed by atoms with Gasteiger partial charge in [0.05, 0.1) is 11.3 Å². The molecular weight excluding hydrogens is 274 g/mol. The molecule has 0 aromatic carbocycles. The van der Waals surface area contributed by atoms with Gasteiger partial charge in [-0.2, -0.15) is 0 Å². The van der Waals surface area contributed by atoms with E-state index in [0.29, 0.717) is 10.8 Å². The zero-order valence-corrected chi connectivity index (χ0v) is 12.8. The molecule has 1 aliphatic rings. The minimum atomic E-state index is -0.851. The van der Waals surface area contributed by atoms with Crippen molar-refractivity contribution in [1.82, 2.24) is 5.32 Å². The molecule has 1 aromatic heterocycles. The van der Waals surface area contributed by atoms with E-state index >= 15 is 0 Å². The Bertz CT molecular complexity index is 505. The van der Waals surface area contributed by atoms with E-state index in [-0.39, 0.29) is 18.4 Å². The number of hydrogen-bond acceptors (Lipinski definition) is 3. The second-order valence-corrected chi connectivity index (χ2v) is 6.71. The number of carbonyl (C=O) groups excluding carboxylic acids is 1. The fourth-order valence-electron chi connectivity index (χ4n) is 2.41. The van der Waals surface area contributed by atoms with Crippen molar-refractivity contribution in [1.29, 1.82) is 0 Å². The monoisotopic (exact) mass is 295 g/mol. The van der Waals surface area contributed by atoms with Gasteiger partial charge in [-0.15, -0.1) is 11.3 Å². The summed E-state index contributed by atoms with van der Waals surface area (Å²) in [4.78, 5) is 25.0. The molecule has 4 nitrogen and oxygen atoms in total. The maximum absolute atomic E-state index is 12.2. The number of rotatable bonds is 7. The number of carbonyl (C=O) groups is 2. The molecule has 0 radical (unpaired) electrons. The zero-order valence-electron chi connectivity index (χ0n) is 11.9. The summed E-state index contributed by atoms with van der Waals surface area (Å²) in [7, 11) is 0. The molecule has 20 heavy (non-hydrogen) atoms. The molecule has 2 rings (SSSR count). The van der Waals surface area contributed by atoms with Crippen LogP contribution < -0.4 is 5.32 Å². The number of hydrogen-bond donors (Lipinski definition) is 2. The van der Waals surface area contributed by atoms with Crippen molar-refractivity contribution in [3.63, 3.8) is 0 Å². The molecule has 1 saturated carbocycles. The summed E-state index contributed by atoms with van der Waals surface area (Å²) in [6.07, 6.45) is 4.09. The van der Waals surface area contributed by atoms with Gasteiger partial charge in [-0.05, 0) is 43.7 Å². The first-order chi connectivity index (χ1) is 9.51. The lowest BCUT2D eigenvalue weighted by molar-refractivity contribution is -0.137. The minimum absolute atomic E-state index is 0.0164. The standard InChI is InChI=1S/C15H21NO3S/c1-3-4-11-7-13(20-9(11)2)15(19)16-12(8-14(17)18)10-5-6-10/h7,10,12H,3-6,8H2,1-2H3,(H,16,19)(H,17,18). The predicted molar refractivity (Wildman–Crippen MR) is 79.3 cm³/mol. The average molecular weight is 295 g/mol. The normalized spacial score (nSPS) is 15.9. The van der Waals surface area contributed by atoms with E-state index in [0.717, 1.165) is 25.7 Å². The molecule has 1 aromatic rings. The molecule has 0 spiro atoms. The van der Waals surface area contributed by atoms with Crippen molar-refractivity contribution in [2.24, 2.45) is 5.92 Å². The molecular formula is C15H21NO3S. The number of carboxylic acids is 1. The highest BCUT2D eigenvalue weighted by molar-refractivity contribution is 7.14. The lowest BCUT2D eigenvalue weighted by Gasteiger charge is -2.15. The largest absolute Gasteiger partial charge is 0.481 e. The van der Waals surface area contributed by atoms with Crippen LogP contribution in [0.3, 0.4) is 0 Å². The Morgan fingerprint density at radius 2 is 2.20 bits per heavy atom. The van der Waals surface area contributed by atoms with Gasteiger partial charge in [0.25, 0.3) is 5.91 Å². The van der Waals surface area contributed by atoms with Crippen LogP contribution in [0.5, 0.6) is 0 Å². The lowest BCUT2D eigenvalue weighted by atomic mass is 10.1. The minimum Gasteiger partial charge on any atom is -0.481 e. The van der Waals surface area contributed by atoms with Crippen molar-refractivity contribution in [2.75, 3.05) is 0 Å². The summed E-state index contributed by atoms with van der Waals surface area (Å²) in [5.74, 6) is -0.638. The summed E-state index contributed by atoms with van der Waals surface area (Å²) in [5.41, 5.74) is 1.23. The van der Waals surface area contributed by atoms with Gasteiger partial charge in [-0.1, -0.05) is 13.3 Å². The van der Waals surface area contributed by atoms with Crippen LogP contribution in [0, 0.1) is 12.8 Å². The third-order valence-corrected chi connectivity index (χ3v) is 4.76. The van der Waals surface area contributed by atoms with Crippen molar-refractivity contribution < 1.29 is 14.7 Å². The van der Waals surface area contributed by atoms with Gasteiger partial charge < -0.3 is 10.4 Å². The van der Waals surface area contributed by atoms with Crippen molar-refractivity contribution in [3.8, 4) is 0 Å². The van der Waals surface area contributed by atoms with Crippen LogP contribution in [0.1, 0.15) is 52.7 Å². The summed E-state index contributed by atoms with van der Waals surface area (Å²) in [5, 5.41) is 11.8. The third kappa shape index (κ3) is 3.82. The van der Waals surface area contributed by atoms with Crippen LogP contribution in [-0.4, -0.2) is 23.0 Å². The van der Waals surface area contributed by atoms with Crippen LogP contribution in [0.25, 0.3) is 0 Å². The third-order valence-electron chi connectivity index (χ3n) is 3.67. The summed E-state index contributed by atoms with van der Waals surface area (Å²) < 4.78 is 0. The van der Waals surface area contributed by atoms with E-state index in [1.165, 1.54) is 21.8 Å². The molecule has 1 amide bonds. The van der Waals surface area contributed by atoms with Gasteiger partial charge in [-0.25, -0.2) is 0 Å². The molecule has 1 atom stereocenters. The van der Waals surface area contributed by atoms with Crippen molar-refractivity contribution in [2.45, 2.75) is 52.0 Å². The van der Waals surface area contributed by atoms with Crippen LogP contribution in [-0.2, 0) is 11.2 Å². The Kier molecular flexibility index (Phi) is 4.81. The van der Waals surface area contributed by atoms with Gasteiger partial charge in [0, 0.05) is 10.9 Å². The van der Waals surface area contributed by atoms with E-state index in [4.69, 9.17) is 5.11 Å².